The number of nitrogens with one attached hydrogen (secondary N) is 1. The standard InChI is InChI=1S/C10H13N3S2/c1-3-11-7(2)8-5-15-10(13-8)9-4-14-6-12-9/h4-7,11H,3H2,1-2H3. The minimum Gasteiger partial charge on any atom is -0.309 e. The van der Waals surface area contributed by atoms with Crippen LogP contribution in [-0.4, -0.2) is 16.5 Å². The van der Waals surface area contributed by atoms with Gasteiger partial charge >= 0.3 is 0 Å². The summed E-state index contributed by atoms with van der Waals surface area (Å²) in [6.45, 7) is 5.19. The fraction of sp³-hybridized carbons (Fsp3) is 0.400. The Hall–Kier alpha value is -0.780. The molecule has 80 valence electrons. The molecule has 0 fully saturated rings. The number of nitrogens with zero attached hydrogens (tertiary/aromatic N) is 2. The van der Waals surface area contributed by atoms with Crippen LogP contribution in [0.3, 0.4) is 0 Å². The first-order chi connectivity index (χ1) is 7.31. The summed E-state index contributed by atoms with van der Waals surface area (Å²) >= 11 is 3.26. The van der Waals surface area contributed by atoms with Gasteiger partial charge in [-0.25, -0.2) is 9.97 Å². The molecule has 1 unspecified atom stereocenters. The minimum atomic E-state index is 0.318. The van der Waals surface area contributed by atoms with Crippen LogP contribution in [0, 0.1) is 0 Å². The van der Waals surface area contributed by atoms with Crippen LogP contribution < -0.4 is 5.32 Å². The van der Waals surface area contributed by atoms with Gasteiger partial charge in [-0.2, -0.15) is 0 Å². The second kappa shape index (κ2) is 4.83. The fourth-order valence-electron chi connectivity index (χ4n) is 1.33. The van der Waals surface area contributed by atoms with E-state index in [1.165, 1.54) is 0 Å². The molecule has 0 radical (unpaired) electrons. The van der Waals surface area contributed by atoms with E-state index in [2.05, 4.69) is 34.5 Å². The topological polar surface area (TPSA) is 37.8 Å². The van der Waals surface area contributed by atoms with Crippen LogP contribution >= 0.6 is 22.7 Å². The third-order valence-electron chi connectivity index (χ3n) is 2.13. The van der Waals surface area contributed by atoms with Gasteiger partial charge in [0.2, 0.25) is 0 Å². The molecule has 0 aliphatic heterocycles. The second-order valence-corrected chi connectivity index (χ2v) is 4.81. The molecular formula is C10H13N3S2. The van der Waals surface area contributed by atoms with Gasteiger partial charge < -0.3 is 5.32 Å². The Bertz CT molecular complexity index is 408. The lowest BCUT2D eigenvalue weighted by molar-refractivity contribution is 0.587. The van der Waals surface area contributed by atoms with Gasteiger partial charge in [0.1, 0.15) is 10.7 Å². The molecule has 3 nitrogen and oxygen atoms in total. The summed E-state index contributed by atoms with van der Waals surface area (Å²) in [6.07, 6.45) is 0. The second-order valence-electron chi connectivity index (χ2n) is 3.23. The van der Waals surface area contributed by atoms with E-state index in [1.807, 2.05) is 10.9 Å². The van der Waals surface area contributed by atoms with E-state index in [-0.39, 0.29) is 0 Å². The predicted molar refractivity (Wildman–Crippen MR) is 65.3 cm³/mol. The molecule has 0 amide bonds. The van der Waals surface area contributed by atoms with Crippen LogP contribution in [0.5, 0.6) is 0 Å². The lowest BCUT2D eigenvalue weighted by atomic mass is 10.2. The molecule has 0 saturated heterocycles. The summed E-state index contributed by atoms with van der Waals surface area (Å²) in [7, 11) is 0. The van der Waals surface area contributed by atoms with Gasteiger partial charge in [0, 0.05) is 16.8 Å². The Morgan fingerprint density at radius 2 is 2.33 bits per heavy atom. The number of rotatable bonds is 4. The molecule has 2 aromatic heterocycles. The first kappa shape index (κ1) is 10.7. The maximum Gasteiger partial charge on any atom is 0.143 e. The summed E-state index contributed by atoms with van der Waals surface area (Å²) in [5.41, 5.74) is 3.93. The zero-order valence-corrected chi connectivity index (χ0v) is 10.4. The molecule has 0 aromatic carbocycles. The molecule has 0 aliphatic rings. The monoisotopic (exact) mass is 239 g/mol. The average Bonchev–Trinajstić information content (AvgIpc) is 2.89. The molecule has 15 heavy (non-hydrogen) atoms. The first-order valence-corrected chi connectivity index (χ1v) is 6.71. The third kappa shape index (κ3) is 2.42. The van der Waals surface area contributed by atoms with Crippen molar-refractivity contribution in [2.75, 3.05) is 6.54 Å². The normalized spacial score (nSPS) is 12.9. The van der Waals surface area contributed by atoms with E-state index in [1.54, 1.807) is 22.7 Å². The molecular weight excluding hydrogens is 226 g/mol. The largest absolute Gasteiger partial charge is 0.309 e. The third-order valence-corrected chi connectivity index (χ3v) is 3.60. The highest BCUT2D eigenvalue weighted by molar-refractivity contribution is 7.13. The van der Waals surface area contributed by atoms with E-state index >= 15 is 0 Å². The van der Waals surface area contributed by atoms with Gasteiger partial charge in [-0.15, -0.1) is 22.7 Å². The van der Waals surface area contributed by atoms with Gasteiger partial charge in [-0.05, 0) is 13.5 Å². The van der Waals surface area contributed by atoms with Crippen molar-refractivity contribution in [3.8, 4) is 10.7 Å². The van der Waals surface area contributed by atoms with Crippen LogP contribution in [0.15, 0.2) is 16.3 Å². The predicted octanol–water partition coefficient (Wildman–Crippen LogP) is 2.94. The van der Waals surface area contributed by atoms with Crippen molar-refractivity contribution in [2.24, 2.45) is 0 Å². The maximum atomic E-state index is 4.57. The molecule has 2 aromatic rings. The summed E-state index contributed by atoms with van der Waals surface area (Å²) in [4.78, 5) is 8.82. The maximum absolute atomic E-state index is 4.57. The van der Waals surface area contributed by atoms with E-state index in [0.29, 0.717) is 6.04 Å². The molecule has 0 aliphatic carbocycles. The van der Waals surface area contributed by atoms with Crippen molar-refractivity contribution in [3.63, 3.8) is 0 Å². The van der Waals surface area contributed by atoms with E-state index in [9.17, 15) is 0 Å². The molecule has 1 atom stereocenters. The average molecular weight is 239 g/mol. The lowest BCUT2D eigenvalue weighted by Crippen LogP contribution is -2.17. The molecule has 0 saturated carbocycles. The number of hydrogen-bond acceptors (Lipinski definition) is 5. The Morgan fingerprint density at radius 3 is 3.00 bits per heavy atom. The minimum absolute atomic E-state index is 0.318. The lowest BCUT2D eigenvalue weighted by Gasteiger charge is -2.07. The molecule has 0 bridgehead atoms. The van der Waals surface area contributed by atoms with Crippen LogP contribution in [-0.2, 0) is 0 Å². The SMILES string of the molecule is CCNC(C)c1csc(-c2cscn2)n1. The summed E-state index contributed by atoms with van der Waals surface area (Å²) < 4.78 is 0. The molecule has 0 spiro atoms. The quantitative estimate of drug-likeness (QED) is 0.891. The molecule has 5 heteroatoms. The van der Waals surface area contributed by atoms with Crippen molar-refractivity contribution >= 4 is 22.7 Å². The number of hydrogen-bond donors (Lipinski definition) is 1. The van der Waals surface area contributed by atoms with Crippen molar-refractivity contribution in [1.82, 2.24) is 15.3 Å². The molecule has 1 N–H and O–H groups in total. The van der Waals surface area contributed by atoms with Crippen molar-refractivity contribution in [1.29, 1.82) is 0 Å². The number of thiazole rings is 2. The van der Waals surface area contributed by atoms with Crippen LogP contribution in [0.2, 0.25) is 0 Å². The first-order valence-electron chi connectivity index (χ1n) is 4.88. The van der Waals surface area contributed by atoms with E-state index < -0.39 is 0 Å². The van der Waals surface area contributed by atoms with Gasteiger partial charge in [-0.1, -0.05) is 6.92 Å². The van der Waals surface area contributed by atoms with Crippen LogP contribution in [0.4, 0.5) is 0 Å². The smallest absolute Gasteiger partial charge is 0.143 e. The summed E-state index contributed by atoms with van der Waals surface area (Å²) in [5, 5.41) is 8.48. The Labute approximate surface area is 97.2 Å². The van der Waals surface area contributed by atoms with Crippen LogP contribution in [0.25, 0.3) is 10.7 Å². The molecule has 2 rings (SSSR count). The highest BCUT2D eigenvalue weighted by Gasteiger charge is 2.10. The Morgan fingerprint density at radius 1 is 1.47 bits per heavy atom. The summed E-state index contributed by atoms with van der Waals surface area (Å²) in [6, 6.07) is 0.318. The number of aromatic nitrogens is 2. The van der Waals surface area contributed by atoms with Crippen molar-refractivity contribution < 1.29 is 0 Å². The van der Waals surface area contributed by atoms with Crippen molar-refractivity contribution in [3.05, 3.63) is 22.0 Å². The highest BCUT2D eigenvalue weighted by Crippen LogP contribution is 2.25. The zero-order valence-electron chi connectivity index (χ0n) is 8.73. The Kier molecular flexibility index (Phi) is 3.45. The molecule has 2 heterocycles. The van der Waals surface area contributed by atoms with Gasteiger partial charge in [-0.3, -0.25) is 0 Å². The summed E-state index contributed by atoms with van der Waals surface area (Å²) in [5.74, 6) is 0. The van der Waals surface area contributed by atoms with Crippen LogP contribution in [0.1, 0.15) is 25.6 Å². The van der Waals surface area contributed by atoms with Gasteiger partial charge in [0.05, 0.1) is 11.2 Å². The van der Waals surface area contributed by atoms with E-state index in [4.69, 9.17) is 0 Å². The zero-order chi connectivity index (χ0) is 10.7. The fourth-order valence-corrected chi connectivity index (χ4v) is 2.82. The highest BCUT2D eigenvalue weighted by atomic mass is 32.1. The van der Waals surface area contributed by atoms with Crippen molar-refractivity contribution in [2.45, 2.75) is 19.9 Å². The van der Waals surface area contributed by atoms with Gasteiger partial charge in [0.15, 0.2) is 0 Å². The Balaban J connectivity index is 2.17. The van der Waals surface area contributed by atoms with E-state index in [0.717, 1.165) is 22.9 Å². The van der Waals surface area contributed by atoms with Gasteiger partial charge in [0.25, 0.3) is 0 Å².